The minimum atomic E-state index is -0.720. The van der Waals surface area contributed by atoms with Gasteiger partial charge in [-0.2, -0.15) is 0 Å². The lowest BCUT2D eigenvalue weighted by atomic mass is 9.82. The van der Waals surface area contributed by atoms with Crippen LogP contribution < -0.4 is 0 Å². The van der Waals surface area contributed by atoms with Crippen LogP contribution in [-0.2, 0) is 9.53 Å². The fourth-order valence-electron chi connectivity index (χ4n) is 2.05. The highest BCUT2D eigenvalue weighted by Crippen LogP contribution is 2.28. The van der Waals surface area contributed by atoms with Gasteiger partial charge in [0.15, 0.2) is 0 Å². The molecule has 1 amide bonds. The number of amides is 1. The fourth-order valence-corrected chi connectivity index (χ4v) is 2.05. The molecule has 0 atom stereocenters. The van der Waals surface area contributed by atoms with Gasteiger partial charge in [0.1, 0.15) is 5.60 Å². The lowest BCUT2D eigenvalue weighted by Crippen LogP contribution is -2.31. The molecule has 1 aliphatic rings. The first-order valence-corrected chi connectivity index (χ1v) is 6.89. The van der Waals surface area contributed by atoms with E-state index in [1.165, 1.54) is 4.90 Å². The van der Waals surface area contributed by atoms with Gasteiger partial charge >= 0.3 is 12.1 Å². The summed E-state index contributed by atoms with van der Waals surface area (Å²) in [6.45, 7) is 5.41. The molecule has 0 aliphatic heterocycles. The molecule has 5 nitrogen and oxygen atoms in total. The molecule has 1 rings (SSSR count). The Labute approximate surface area is 120 Å². The van der Waals surface area contributed by atoms with Crippen LogP contribution in [0.4, 0.5) is 4.79 Å². The maximum Gasteiger partial charge on any atom is 0.421 e. The molecule has 0 spiro atoms. The normalized spacial score (nSPS) is 22.4. The second-order valence-electron chi connectivity index (χ2n) is 6.18. The maximum atomic E-state index is 11.7. The lowest BCUT2D eigenvalue weighted by molar-refractivity contribution is -0.142. The molecule has 0 heterocycles. The summed E-state index contributed by atoms with van der Waals surface area (Å²) in [4.78, 5) is 23.8. The molecule has 1 fully saturated rings. The molecule has 1 saturated carbocycles. The predicted octanol–water partition coefficient (Wildman–Crippen LogP) is 2.71. The minimum absolute atomic E-state index is 0.162. The maximum absolute atomic E-state index is 11.7. The van der Waals surface area contributed by atoms with Gasteiger partial charge in [-0.3, -0.25) is 4.79 Å². The summed E-state index contributed by atoms with van der Waals surface area (Å²) in [7, 11) is 1.57. The molecule has 0 aromatic carbocycles. The first-order chi connectivity index (χ1) is 9.19. The summed E-state index contributed by atoms with van der Waals surface area (Å²) in [5, 5.41) is 8.92. The molecular formula is C15H23NO4. The largest absolute Gasteiger partial charge is 0.481 e. The number of carbonyl (C=O) groups excluding carboxylic acids is 1. The molecule has 20 heavy (non-hydrogen) atoms. The van der Waals surface area contributed by atoms with Crippen LogP contribution >= 0.6 is 0 Å². The van der Waals surface area contributed by atoms with Crippen molar-refractivity contribution >= 4 is 12.1 Å². The van der Waals surface area contributed by atoms with E-state index >= 15 is 0 Å². The molecule has 112 valence electrons. The van der Waals surface area contributed by atoms with Crippen LogP contribution in [0.2, 0.25) is 0 Å². The first-order valence-electron chi connectivity index (χ1n) is 6.89. The quantitative estimate of drug-likeness (QED) is 0.593. The molecule has 0 unspecified atom stereocenters. The molecule has 1 aliphatic carbocycles. The summed E-state index contributed by atoms with van der Waals surface area (Å²) in [6.07, 6.45) is 2.39. The zero-order valence-electron chi connectivity index (χ0n) is 12.6. The average molecular weight is 281 g/mol. The highest BCUT2D eigenvalue weighted by atomic mass is 16.6. The van der Waals surface area contributed by atoms with E-state index in [1.807, 2.05) is 0 Å². The van der Waals surface area contributed by atoms with Crippen molar-refractivity contribution in [3.8, 4) is 12.0 Å². The lowest BCUT2D eigenvalue weighted by Gasteiger charge is -2.23. The second kappa shape index (κ2) is 6.65. The molecule has 0 radical (unpaired) electrons. The Balaban J connectivity index is 2.46. The summed E-state index contributed by atoms with van der Waals surface area (Å²) >= 11 is 0. The van der Waals surface area contributed by atoms with Crippen molar-refractivity contribution in [2.75, 3.05) is 7.05 Å². The monoisotopic (exact) mass is 281 g/mol. The van der Waals surface area contributed by atoms with Crippen LogP contribution in [-0.4, -0.2) is 34.7 Å². The topological polar surface area (TPSA) is 66.8 Å². The van der Waals surface area contributed by atoms with Crippen LogP contribution in [0, 0.1) is 23.8 Å². The third kappa shape index (κ3) is 5.52. The minimum Gasteiger partial charge on any atom is -0.481 e. The SMILES string of the molecule is CN(C#CC1CCC(C(=O)O)CC1)C(=O)OC(C)(C)C. The molecule has 1 N–H and O–H groups in total. The number of hydrogen-bond donors (Lipinski definition) is 1. The third-order valence-electron chi connectivity index (χ3n) is 3.18. The van der Waals surface area contributed by atoms with Crippen molar-refractivity contribution in [2.45, 2.75) is 52.1 Å². The molecule has 0 bridgehead atoms. The van der Waals surface area contributed by atoms with Crippen molar-refractivity contribution in [3.05, 3.63) is 0 Å². The van der Waals surface area contributed by atoms with E-state index in [1.54, 1.807) is 27.8 Å². The van der Waals surface area contributed by atoms with Crippen LogP contribution in [0.5, 0.6) is 0 Å². The highest BCUT2D eigenvalue weighted by molar-refractivity contribution is 5.70. The van der Waals surface area contributed by atoms with Gasteiger partial charge in [-0.25, -0.2) is 9.69 Å². The summed E-state index contributed by atoms with van der Waals surface area (Å²) in [6, 6.07) is 2.78. The van der Waals surface area contributed by atoms with Crippen LogP contribution in [0.3, 0.4) is 0 Å². The smallest absolute Gasteiger partial charge is 0.421 e. The van der Waals surface area contributed by atoms with E-state index < -0.39 is 17.7 Å². The van der Waals surface area contributed by atoms with Crippen LogP contribution in [0.15, 0.2) is 0 Å². The number of ether oxygens (including phenoxy) is 1. The van der Waals surface area contributed by atoms with E-state index in [0.717, 1.165) is 12.8 Å². The fraction of sp³-hybridized carbons (Fsp3) is 0.733. The van der Waals surface area contributed by atoms with Crippen molar-refractivity contribution in [1.29, 1.82) is 0 Å². The molecular weight excluding hydrogens is 258 g/mol. The van der Waals surface area contributed by atoms with Crippen LogP contribution in [0.1, 0.15) is 46.5 Å². The Bertz CT molecular complexity index is 419. The zero-order valence-corrected chi connectivity index (χ0v) is 12.6. The highest BCUT2D eigenvalue weighted by Gasteiger charge is 2.25. The number of aliphatic carboxylic acids is 1. The first kappa shape index (κ1) is 16.4. The zero-order chi connectivity index (χ0) is 15.3. The summed E-state index contributed by atoms with van der Waals surface area (Å²) in [5.74, 6) is 2.23. The van der Waals surface area contributed by atoms with Crippen molar-refractivity contribution in [2.24, 2.45) is 11.8 Å². The standard InChI is InChI=1S/C15H23NO4/c1-15(2,3)20-14(19)16(4)10-9-11-5-7-12(8-6-11)13(17)18/h11-12H,5-8H2,1-4H3,(H,17,18). The molecule has 0 saturated heterocycles. The van der Waals surface area contributed by atoms with E-state index in [0.29, 0.717) is 12.8 Å². The van der Waals surface area contributed by atoms with E-state index in [4.69, 9.17) is 9.84 Å². The van der Waals surface area contributed by atoms with Gasteiger partial charge < -0.3 is 9.84 Å². The van der Waals surface area contributed by atoms with Gasteiger partial charge in [0.2, 0.25) is 0 Å². The Hall–Kier alpha value is -1.70. The second-order valence-corrected chi connectivity index (χ2v) is 6.18. The Kier molecular flexibility index (Phi) is 5.43. The number of carboxylic acids is 1. The van der Waals surface area contributed by atoms with Crippen molar-refractivity contribution in [3.63, 3.8) is 0 Å². The van der Waals surface area contributed by atoms with Crippen molar-refractivity contribution in [1.82, 2.24) is 4.90 Å². The average Bonchev–Trinajstić information content (AvgIpc) is 2.34. The number of rotatable bonds is 1. The predicted molar refractivity (Wildman–Crippen MR) is 74.9 cm³/mol. The Morgan fingerprint density at radius 2 is 1.75 bits per heavy atom. The molecule has 0 aromatic heterocycles. The summed E-state index contributed by atoms with van der Waals surface area (Å²) in [5.41, 5.74) is -0.535. The van der Waals surface area contributed by atoms with Gasteiger partial charge in [-0.15, -0.1) is 0 Å². The number of nitrogens with zero attached hydrogens (tertiary/aromatic N) is 1. The molecule has 0 aromatic rings. The third-order valence-corrected chi connectivity index (χ3v) is 3.18. The van der Waals surface area contributed by atoms with Gasteiger partial charge in [-0.1, -0.05) is 5.92 Å². The van der Waals surface area contributed by atoms with Crippen molar-refractivity contribution < 1.29 is 19.4 Å². The van der Waals surface area contributed by atoms with Gasteiger partial charge in [0, 0.05) is 19.0 Å². The van der Waals surface area contributed by atoms with Gasteiger partial charge in [-0.05, 0) is 46.5 Å². The number of carbonyl (C=O) groups is 2. The number of carboxylic acid groups (broad SMARTS) is 1. The van der Waals surface area contributed by atoms with Gasteiger partial charge in [0.25, 0.3) is 0 Å². The van der Waals surface area contributed by atoms with Crippen LogP contribution in [0.25, 0.3) is 0 Å². The van der Waals surface area contributed by atoms with E-state index in [2.05, 4.69) is 12.0 Å². The Morgan fingerprint density at radius 1 is 1.20 bits per heavy atom. The van der Waals surface area contributed by atoms with E-state index in [-0.39, 0.29) is 11.8 Å². The number of hydrogen-bond acceptors (Lipinski definition) is 3. The van der Waals surface area contributed by atoms with E-state index in [9.17, 15) is 9.59 Å². The van der Waals surface area contributed by atoms with Gasteiger partial charge in [0.05, 0.1) is 5.92 Å². The Morgan fingerprint density at radius 3 is 2.20 bits per heavy atom. The summed E-state index contributed by atoms with van der Waals surface area (Å²) < 4.78 is 5.19. The molecule has 5 heteroatoms.